The van der Waals surface area contributed by atoms with Crippen LogP contribution in [-0.4, -0.2) is 49.6 Å². The summed E-state index contributed by atoms with van der Waals surface area (Å²) in [6.07, 6.45) is 4.47. The molecule has 1 aromatic rings. The lowest BCUT2D eigenvalue weighted by molar-refractivity contribution is 0.123. The normalized spacial score (nSPS) is 21.2. The summed E-state index contributed by atoms with van der Waals surface area (Å²) < 4.78 is 5.65. The third-order valence-electron chi connectivity index (χ3n) is 3.92. The zero-order chi connectivity index (χ0) is 13.7. The molecule has 0 radical (unpaired) electrons. The predicted molar refractivity (Wildman–Crippen MR) is 78.1 cm³/mol. The molecule has 1 aliphatic rings. The topological polar surface area (TPSA) is 31.7 Å². The lowest BCUT2D eigenvalue weighted by Gasteiger charge is -2.35. The second-order valence-electron chi connectivity index (χ2n) is 5.68. The molecule has 0 aliphatic carbocycles. The zero-order valence-electron chi connectivity index (χ0n) is 12.5. The lowest BCUT2D eigenvalue weighted by Crippen LogP contribution is -2.44. The Labute approximate surface area is 116 Å². The van der Waals surface area contributed by atoms with Crippen LogP contribution in [0.3, 0.4) is 0 Å². The van der Waals surface area contributed by atoms with Crippen LogP contribution in [0, 0.1) is 0 Å². The number of nitrogens with zero attached hydrogens (tertiary/aromatic N) is 2. The highest BCUT2D eigenvalue weighted by Gasteiger charge is 2.21. The molecule has 2 rings (SSSR count). The molecule has 1 N–H and O–H groups in total. The van der Waals surface area contributed by atoms with Crippen molar-refractivity contribution in [1.29, 1.82) is 0 Å². The molecule has 1 unspecified atom stereocenters. The fourth-order valence-electron chi connectivity index (χ4n) is 2.74. The highest BCUT2D eigenvalue weighted by molar-refractivity contribution is 5.12. The van der Waals surface area contributed by atoms with Crippen molar-refractivity contribution in [2.75, 3.05) is 33.7 Å². The Kier molecular flexibility index (Phi) is 5.43. The van der Waals surface area contributed by atoms with E-state index in [1.165, 1.54) is 31.5 Å². The molecule has 1 aliphatic heterocycles. The number of nitrogens with one attached hydrogen (secondary N) is 1. The molecule has 4 heteroatoms. The van der Waals surface area contributed by atoms with Gasteiger partial charge in [0.2, 0.25) is 0 Å². The van der Waals surface area contributed by atoms with E-state index in [1.807, 2.05) is 6.26 Å². The molecular weight excluding hydrogens is 238 g/mol. The lowest BCUT2D eigenvalue weighted by atomic mass is 10.1. The van der Waals surface area contributed by atoms with Gasteiger partial charge in [-0.15, -0.1) is 0 Å². The molecule has 108 valence electrons. The van der Waals surface area contributed by atoms with E-state index in [1.54, 1.807) is 0 Å². The molecule has 0 bridgehead atoms. The molecule has 0 spiro atoms. The third kappa shape index (κ3) is 4.34. The van der Waals surface area contributed by atoms with Crippen molar-refractivity contribution in [3.63, 3.8) is 0 Å². The van der Waals surface area contributed by atoms with Crippen LogP contribution in [0.25, 0.3) is 0 Å². The van der Waals surface area contributed by atoms with Gasteiger partial charge in [-0.05, 0) is 46.1 Å². The first-order chi connectivity index (χ1) is 9.19. The van der Waals surface area contributed by atoms with Gasteiger partial charge in [0.05, 0.1) is 12.8 Å². The quantitative estimate of drug-likeness (QED) is 0.851. The minimum atomic E-state index is 0.654. The molecule has 19 heavy (non-hydrogen) atoms. The van der Waals surface area contributed by atoms with Crippen LogP contribution in [0.4, 0.5) is 0 Å². The smallest absolute Gasteiger partial charge is 0.118 e. The van der Waals surface area contributed by atoms with Crippen LogP contribution in [0.1, 0.15) is 31.1 Å². The Bertz CT molecular complexity index is 377. The van der Waals surface area contributed by atoms with Gasteiger partial charge < -0.3 is 14.6 Å². The molecule has 1 aromatic heterocycles. The average Bonchev–Trinajstić information content (AvgIpc) is 2.84. The van der Waals surface area contributed by atoms with E-state index in [-0.39, 0.29) is 0 Å². The standard InChI is InChI=1S/C15H27N3O/c1-4-16-9-13-8-15(19-12-13)11-18(3)14-6-5-7-17(2)10-14/h8,12,14,16H,4-7,9-11H2,1-3H3. The van der Waals surface area contributed by atoms with E-state index in [0.29, 0.717) is 6.04 Å². The van der Waals surface area contributed by atoms with Gasteiger partial charge in [0.1, 0.15) is 5.76 Å². The van der Waals surface area contributed by atoms with Gasteiger partial charge in [-0.2, -0.15) is 0 Å². The van der Waals surface area contributed by atoms with E-state index in [4.69, 9.17) is 4.42 Å². The molecule has 0 amide bonds. The highest BCUT2D eigenvalue weighted by atomic mass is 16.3. The minimum Gasteiger partial charge on any atom is -0.468 e. The SMILES string of the molecule is CCNCc1coc(CN(C)C2CCCN(C)C2)c1. The summed E-state index contributed by atoms with van der Waals surface area (Å²) in [6, 6.07) is 2.83. The van der Waals surface area contributed by atoms with Crippen LogP contribution in [0.5, 0.6) is 0 Å². The maximum Gasteiger partial charge on any atom is 0.118 e. The molecule has 4 nitrogen and oxygen atoms in total. The Morgan fingerprint density at radius 2 is 2.37 bits per heavy atom. The van der Waals surface area contributed by atoms with Crippen molar-refractivity contribution in [2.45, 2.75) is 38.9 Å². The summed E-state index contributed by atoms with van der Waals surface area (Å²) in [6.45, 7) is 7.32. The number of likely N-dealkylation sites (N-methyl/N-ethyl adjacent to an activating group) is 2. The molecule has 1 saturated heterocycles. The Morgan fingerprint density at radius 3 is 3.11 bits per heavy atom. The van der Waals surface area contributed by atoms with Gasteiger partial charge in [-0.3, -0.25) is 4.90 Å². The molecule has 2 heterocycles. The van der Waals surface area contributed by atoms with Gasteiger partial charge >= 0.3 is 0 Å². The highest BCUT2D eigenvalue weighted by Crippen LogP contribution is 2.17. The first-order valence-corrected chi connectivity index (χ1v) is 7.34. The summed E-state index contributed by atoms with van der Waals surface area (Å²) >= 11 is 0. The van der Waals surface area contributed by atoms with E-state index >= 15 is 0 Å². The van der Waals surface area contributed by atoms with Crippen LogP contribution in [0.2, 0.25) is 0 Å². The van der Waals surface area contributed by atoms with Crippen LogP contribution in [0.15, 0.2) is 16.7 Å². The van der Waals surface area contributed by atoms with Gasteiger partial charge in [0.15, 0.2) is 0 Å². The van der Waals surface area contributed by atoms with Crippen LogP contribution in [-0.2, 0) is 13.1 Å². The minimum absolute atomic E-state index is 0.654. The summed E-state index contributed by atoms with van der Waals surface area (Å²) in [7, 11) is 4.41. The summed E-state index contributed by atoms with van der Waals surface area (Å²) in [5.41, 5.74) is 1.24. The molecule has 0 saturated carbocycles. The Hall–Kier alpha value is -0.840. The second-order valence-corrected chi connectivity index (χ2v) is 5.68. The van der Waals surface area contributed by atoms with Crippen molar-refractivity contribution in [2.24, 2.45) is 0 Å². The van der Waals surface area contributed by atoms with E-state index < -0.39 is 0 Å². The molecule has 1 atom stereocenters. The van der Waals surface area contributed by atoms with E-state index in [0.717, 1.165) is 25.4 Å². The summed E-state index contributed by atoms with van der Waals surface area (Å²) in [4.78, 5) is 4.84. The Balaban J connectivity index is 1.84. The number of furan rings is 1. The monoisotopic (exact) mass is 265 g/mol. The van der Waals surface area contributed by atoms with Crippen LogP contribution >= 0.6 is 0 Å². The van der Waals surface area contributed by atoms with Crippen molar-refractivity contribution in [1.82, 2.24) is 15.1 Å². The average molecular weight is 265 g/mol. The van der Waals surface area contributed by atoms with Crippen molar-refractivity contribution < 1.29 is 4.42 Å². The predicted octanol–water partition coefficient (Wildman–Crippen LogP) is 1.92. The number of rotatable bonds is 6. The van der Waals surface area contributed by atoms with Crippen molar-refractivity contribution in [3.05, 3.63) is 23.7 Å². The van der Waals surface area contributed by atoms with E-state index in [2.05, 4.69) is 42.2 Å². The van der Waals surface area contributed by atoms with Crippen molar-refractivity contribution >= 4 is 0 Å². The van der Waals surface area contributed by atoms with E-state index in [9.17, 15) is 0 Å². The summed E-state index contributed by atoms with van der Waals surface area (Å²) in [5, 5.41) is 3.32. The first kappa shape index (κ1) is 14.6. The third-order valence-corrected chi connectivity index (χ3v) is 3.92. The molecular formula is C15H27N3O. The fraction of sp³-hybridized carbons (Fsp3) is 0.733. The van der Waals surface area contributed by atoms with Gasteiger partial charge in [0, 0.05) is 24.7 Å². The zero-order valence-corrected chi connectivity index (χ0v) is 12.5. The molecule has 0 aromatic carbocycles. The number of likely N-dealkylation sites (tertiary alicyclic amines) is 1. The van der Waals surface area contributed by atoms with Gasteiger partial charge in [0.25, 0.3) is 0 Å². The molecule has 1 fully saturated rings. The maximum absolute atomic E-state index is 5.65. The maximum atomic E-state index is 5.65. The fourth-order valence-corrected chi connectivity index (χ4v) is 2.74. The first-order valence-electron chi connectivity index (χ1n) is 7.34. The van der Waals surface area contributed by atoms with Crippen molar-refractivity contribution in [3.8, 4) is 0 Å². The second kappa shape index (κ2) is 7.08. The summed E-state index contributed by atoms with van der Waals surface area (Å²) in [5.74, 6) is 1.07. The Morgan fingerprint density at radius 1 is 1.53 bits per heavy atom. The number of hydrogen-bond donors (Lipinski definition) is 1. The largest absolute Gasteiger partial charge is 0.468 e. The van der Waals surface area contributed by atoms with Crippen LogP contribution < -0.4 is 5.32 Å². The number of hydrogen-bond acceptors (Lipinski definition) is 4. The number of piperidine rings is 1. The van der Waals surface area contributed by atoms with Gasteiger partial charge in [-0.25, -0.2) is 0 Å². The van der Waals surface area contributed by atoms with Gasteiger partial charge in [-0.1, -0.05) is 6.92 Å².